The molecule has 3 N–H and O–H groups in total. The number of nitrogens with zero attached hydrogens (tertiary/aromatic N) is 1. The quantitative estimate of drug-likeness (QED) is 0.537. The number of hydrogen-bond acceptors (Lipinski definition) is 2. The number of nitrogens with one attached hydrogen (secondary N) is 1. The minimum absolute atomic E-state index is 0.00236. The third-order valence-corrected chi connectivity index (χ3v) is 2.85. The van der Waals surface area contributed by atoms with Crippen molar-refractivity contribution in [1.82, 2.24) is 5.32 Å². The summed E-state index contributed by atoms with van der Waals surface area (Å²) in [4.78, 5) is 22.8. The second kappa shape index (κ2) is 3.33. The first-order valence-electron chi connectivity index (χ1n) is 4.45. The van der Waals surface area contributed by atoms with Crippen LogP contribution in [0.15, 0.2) is 0 Å². The molecular formula is C8H16N3O2+. The lowest BCUT2D eigenvalue weighted by Gasteiger charge is -2.29. The van der Waals surface area contributed by atoms with Crippen molar-refractivity contribution in [1.29, 1.82) is 0 Å². The number of rotatable bonds is 0. The highest BCUT2D eigenvalue weighted by Gasteiger charge is 2.51. The van der Waals surface area contributed by atoms with Crippen LogP contribution in [0.2, 0.25) is 0 Å². The Kier molecular flexibility index (Phi) is 2.56. The highest BCUT2D eigenvalue weighted by Crippen LogP contribution is 2.26. The van der Waals surface area contributed by atoms with Crippen LogP contribution in [-0.4, -0.2) is 36.2 Å². The number of likely N-dealkylation sites (tertiary alicyclic amines) is 1. The van der Waals surface area contributed by atoms with Gasteiger partial charge in [0.15, 0.2) is 0 Å². The van der Waals surface area contributed by atoms with Crippen molar-refractivity contribution in [2.24, 2.45) is 5.73 Å². The van der Waals surface area contributed by atoms with Crippen LogP contribution in [-0.2, 0) is 0 Å². The fourth-order valence-corrected chi connectivity index (χ4v) is 2.01. The summed E-state index contributed by atoms with van der Waals surface area (Å²) in [6.07, 6.45) is 1.74. The van der Waals surface area contributed by atoms with Gasteiger partial charge in [-0.25, -0.2) is 9.59 Å². The molecule has 0 saturated carbocycles. The van der Waals surface area contributed by atoms with E-state index >= 15 is 0 Å². The van der Waals surface area contributed by atoms with Crippen LogP contribution in [0.5, 0.6) is 0 Å². The number of amides is 4. The maximum Gasteiger partial charge on any atom is 0.425 e. The first kappa shape index (κ1) is 9.98. The topological polar surface area (TPSA) is 72.2 Å². The SMILES string of the molecule is CNC(=O)[N+]1(C(N)=O)CCC[C@H]1C. The molecule has 0 aromatic carbocycles. The molecule has 1 unspecified atom stereocenters. The molecule has 1 heterocycles. The average Bonchev–Trinajstić information content (AvgIpc) is 2.47. The Balaban J connectivity index is 3.00. The molecule has 1 aliphatic heterocycles. The van der Waals surface area contributed by atoms with Crippen LogP contribution < -0.4 is 11.1 Å². The van der Waals surface area contributed by atoms with E-state index < -0.39 is 6.03 Å². The molecule has 0 bridgehead atoms. The Morgan fingerprint density at radius 3 is 2.46 bits per heavy atom. The zero-order chi connectivity index (χ0) is 10.1. The molecule has 1 aliphatic rings. The van der Waals surface area contributed by atoms with Crippen LogP contribution in [0.25, 0.3) is 0 Å². The van der Waals surface area contributed by atoms with Gasteiger partial charge in [0.25, 0.3) is 0 Å². The predicted molar refractivity (Wildman–Crippen MR) is 47.9 cm³/mol. The second-order valence-corrected chi connectivity index (χ2v) is 3.48. The Morgan fingerprint density at radius 1 is 1.54 bits per heavy atom. The number of urea groups is 2. The van der Waals surface area contributed by atoms with Crippen molar-refractivity contribution in [2.75, 3.05) is 13.6 Å². The van der Waals surface area contributed by atoms with Gasteiger partial charge in [-0.05, 0) is 6.92 Å². The fourth-order valence-electron chi connectivity index (χ4n) is 2.01. The van der Waals surface area contributed by atoms with Gasteiger partial charge in [0.2, 0.25) is 0 Å². The molecule has 1 fully saturated rings. The van der Waals surface area contributed by atoms with Crippen LogP contribution in [0, 0.1) is 0 Å². The Labute approximate surface area is 77.5 Å². The van der Waals surface area contributed by atoms with Crippen LogP contribution in [0.4, 0.5) is 9.59 Å². The highest BCUT2D eigenvalue weighted by atomic mass is 16.2. The minimum Gasteiger partial charge on any atom is -0.318 e. The molecule has 1 rings (SSSR count). The van der Waals surface area contributed by atoms with Crippen molar-refractivity contribution in [3.8, 4) is 0 Å². The summed E-state index contributed by atoms with van der Waals surface area (Å²) in [6, 6.07) is -0.848. The van der Waals surface area contributed by atoms with Gasteiger partial charge in [-0.1, -0.05) is 0 Å². The number of nitrogens with two attached hydrogens (primary N) is 1. The highest BCUT2D eigenvalue weighted by molar-refractivity contribution is 5.82. The van der Waals surface area contributed by atoms with E-state index in [1.807, 2.05) is 6.92 Å². The Bertz CT molecular complexity index is 242. The monoisotopic (exact) mass is 186 g/mol. The summed E-state index contributed by atoms with van der Waals surface area (Å²) < 4.78 is -0.240. The maximum absolute atomic E-state index is 11.5. The summed E-state index contributed by atoms with van der Waals surface area (Å²) >= 11 is 0. The molecule has 2 atom stereocenters. The van der Waals surface area contributed by atoms with Crippen molar-refractivity contribution in [2.45, 2.75) is 25.8 Å². The van der Waals surface area contributed by atoms with E-state index in [4.69, 9.17) is 5.73 Å². The number of imide groups is 1. The number of quaternary nitrogens is 1. The summed E-state index contributed by atoms with van der Waals surface area (Å²) in [5, 5.41) is 2.49. The van der Waals surface area contributed by atoms with Crippen LogP contribution in [0.1, 0.15) is 19.8 Å². The predicted octanol–water partition coefficient (Wildman–Crippen LogP) is 0.404. The summed E-state index contributed by atoms with van der Waals surface area (Å²) in [5.41, 5.74) is 5.27. The van der Waals surface area contributed by atoms with Gasteiger partial charge < -0.3 is 11.1 Å². The minimum atomic E-state index is -0.552. The van der Waals surface area contributed by atoms with E-state index in [0.29, 0.717) is 6.54 Å². The molecular weight excluding hydrogens is 170 g/mol. The molecule has 0 radical (unpaired) electrons. The van der Waals surface area contributed by atoms with E-state index in [2.05, 4.69) is 5.32 Å². The van der Waals surface area contributed by atoms with Gasteiger partial charge in [0, 0.05) is 19.9 Å². The van der Waals surface area contributed by atoms with Gasteiger partial charge in [-0.15, -0.1) is 0 Å². The molecule has 0 aliphatic carbocycles. The number of carbonyl (C=O) groups excluding carboxylic acids is 2. The van der Waals surface area contributed by atoms with Crippen molar-refractivity contribution in [3.05, 3.63) is 0 Å². The van der Waals surface area contributed by atoms with Crippen LogP contribution in [0.3, 0.4) is 0 Å². The lowest BCUT2D eigenvalue weighted by molar-refractivity contribution is -0.778. The van der Waals surface area contributed by atoms with Crippen molar-refractivity contribution in [3.63, 3.8) is 0 Å². The zero-order valence-corrected chi connectivity index (χ0v) is 8.04. The van der Waals surface area contributed by atoms with E-state index in [0.717, 1.165) is 12.8 Å². The van der Waals surface area contributed by atoms with Gasteiger partial charge in [0.1, 0.15) is 6.04 Å². The third kappa shape index (κ3) is 1.29. The van der Waals surface area contributed by atoms with Gasteiger partial charge in [-0.2, -0.15) is 4.48 Å². The summed E-state index contributed by atoms with van der Waals surface area (Å²) in [7, 11) is 1.52. The van der Waals surface area contributed by atoms with Gasteiger partial charge >= 0.3 is 12.1 Å². The van der Waals surface area contributed by atoms with Crippen molar-refractivity contribution >= 4 is 12.1 Å². The van der Waals surface area contributed by atoms with E-state index in [1.165, 1.54) is 7.05 Å². The maximum atomic E-state index is 11.5. The molecule has 5 heteroatoms. The number of primary amides is 1. The number of carbonyl (C=O) groups is 2. The summed E-state index contributed by atoms with van der Waals surface area (Å²) in [5.74, 6) is 0. The second-order valence-electron chi connectivity index (χ2n) is 3.48. The van der Waals surface area contributed by atoms with E-state index in [1.54, 1.807) is 0 Å². The average molecular weight is 186 g/mol. The molecule has 1 saturated heterocycles. The molecule has 0 aromatic heterocycles. The third-order valence-electron chi connectivity index (χ3n) is 2.85. The van der Waals surface area contributed by atoms with E-state index in [9.17, 15) is 9.59 Å². The molecule has 74 valence electrons. The first-order valence-corrected chi connectivity index (χ1v) is 4.45. The lowest BCUT2D eigenvalue weighted by Crippen LogP contribution is -2.64. The zero-order valence-electron chi connectivity index (χ0n) is 8.04. The smallest absolute Gasteiger partial charge is 0.318 e. The van der Waals surface area contributed by atoms with E-state index in [-0.39, 0.29) is 16.6 Å². The van der Waals surface area contributed by atoms with Gasteiger partial charge in [-0.3, -0.25) is 0 Å². The lowest BCUT2D eigenvalue weighted by atomic mass is 10.2. The fraction of sp³-hybridized carbons (Fsp3) is 0.750. The molecule has 0 spiro atoms. The molecule has 13 heavy (non-hydrogen) atoms. The standard InChI is InChI=1S/C8H15N3O2/c1-6-4-3-5-11(6,7(9)12)8(13)10-2/h6H,3-5H2,1-2H3,(H2-,9,10,12,13)/p+1/t6-,11?/m1/s1. The normalized spacial score (nSPS) is 32.9. The van der Waals surface area contributed by atoms with Crippen molar-refractivity contribution < 1.29 is 14.1 Å². The Hall–Kier alpha value is -1.10. The summed E-state index contributed by atoms with van der Waals surface area (Å²) in [6.45, 7) is 2.41. The first-order chi connectivity index (χ1) is 6.05. The number of hydrogen-bond donors (Lipinski definition) is 2. The molecule has 5 nitrogen and oxygen atoms in total. The van der Waals surface area contributed by atoms with Gasteiger partial charge in [0.05, 0.1) is 6.54 Å². The molecule has 0 aromatic rings. The molecule has 4 amide bonds. The Morgan fingerprint density at radius 2 is 2.15 bits per heavy atom. The largest absolute Gasteiger partial charge is 0.425 e. The van der Waals surface area contributed by atoms with Crippen LogP contribution >= 0.6 is 0 Å².